The van der Waals surface area contributed by atoms with Crippen molar-refractivity contribution in [1.29, 1.82) is 0 Å². The number of carboxylic acids is 1. The summed E-state index contributed by atoms with van der Waals surface area (Å²) in [6.07, 6.45) is 2.33. The second-order valence-corrected chi connectivity index (χ2v) is 5.73. The van der Waals surface area contributed by atoms with Crippen LogP contribution in [-0.2, 0) is 9.59 Å². The van der Waals surface area contributed by atoms with Crippen molar-refractivity contribution < 1.29 is 19.5 Å². The van der Waals surface area contributed by atoms with Crippen LogP contribution in [0.2, 0.25) is 0 Å². The number of rotatable bonds is 8. The van der Waals surface area contributed by atoms with Crippen LogP contribution < -0.4 is 10.6 Å². The number of benzene rings is 1. The van der Waals surface area contributed by atoms with E-state index in [-0.39, 0.29) is 5.91 Å². The molecule has 0 heterocycles. The van der Waals surface area contributed by atoms with Crippen LogP contribution >= 0.6 is 11.8 Å². The highest BCUT2D eigenvalue weighted by Crippen LogP contribution is 2.04. The summed E-state index contributed by atoms with van der Waals surface area (Å²) in [7, 11) is 0. The van der Waals surface area contributed by atoms with Gasteiger partial charge in [-0.2, -0.15) is 11.8 Å². The monoisotopic (exact) mass is 324 g/mol. The Balaban J connectivity index is 2.73. The third kappa shape index (κ3) is 5.77. The first-order valence-electron chi connectivity index (χ1n) is 6.83. The van der Waals surface area contributed by atoms with Gasteiger partial charge in [-0.25, -0.2) is 0 Å². The Morgan fingerprint density at radius 3 is 2.36 bits per heavy atom. The van der Waals surface area contributed by atoms with Crippen LogP contribution in [0, 0.1) is 0 Å². The number of amides is 2. The molecule has 0 aliphatic carbocycles. The molecule has 0 saturated heterocycles. The number of carbonyl (C=O) groups excluding carboxylic acids is 2. The maximum atomic E-state index is 12.1. The lowest BCUT2D eigenvalue weighted by molar-refractivity contribution is -0.141. The number of aliphatic carboxylic acids is 1. The average molecular weight is 324 g/mol. The van der Waals surface area contributed by atoms with Crippen LogP contribution in [0.15, 0.2) is 30.3 Å². The summed E-state index contributed by atoms with van der Waals surface area (Å²) in [6.45, 7) is 1.38. The first kappa shape index (κ1) is 18.0. The summed E-state index contributed by atoms with van der Waals surface area (Å²) in [5.41, 5.74) is 0.454. The second-order valence-electron chi connectivity index (χ2n) is 4.74. The molecule has 1 rings (SSSR count). The summed E-state index contributed by atoms with van der Waals surface area (Å²) in [5.74, 6) is -1.29. The Morgan fingerprint density at radius 1 is 1.18 bits per heavy atom. The van der Waals surface area contributed by atoms with Gasteiger partial charge in [-0.15, -0.1) is 0 Å². The highest BCUT2D eigenvalue weighted by molar-refractivity contribution is 7.98. The zero-order valence-electron chi connectivity index (χ0n) is 12.5. The molecule has 0 saturated carbocycles. The lowest BCUT2D eigenvalue weighted by atomic mass is 10.1. The van der Waals surface area contributed by atoms with Gasteiger partial charge in [0, 0.05) is 5.56 Å². The van der Waals surface area contributed by atoms with Crippen LogP contribution in [0.25, 0.3) is 0 Å². The van der Waals surface area contributed by atoms with Gasteiger partial charge in [-0.05, 0) is 37.5 Å². The Labute approximate surface area is 133 Å². The van der Waals surface area contributed by atoms with Gasteiger partial charge in [-0.1, -0.05) is 18.2 Å². The predicted octanol–water partition coefficient (Wildman–Crippen LogP) is 1.13. The average Bonchev–Trinajstić information content (AvgIpc) is 2.51. The van der Waals surface area contributed by atoms with Gasteiger partial charge in [-0.3, -0.25) is 14.4 Å². The molecule has 0 aliphatic rings. The standard InChI is InChI=1S/C15H20N2O4S/c1-10(15(20)21)16-14(19)12(8-9-22-2)17-13(18)11-6-4-3-5-7-11/h3-7,10,12H,8-9H2,1-2H3,(H,16,19)(H,17,18)(H,20,21). The molecule has 3 N–H and O–H groups in total. The van der Waals surface area contributed by atoms with E-state index in [1.54, 1.807) is 42.1 Å². The van der Waals surface area contributed by atoms with Gasteiger partial charge in [0.15, 0.2) is 0 Å². The van der Waals surface area contributed by atoms with Crippen LogP contribution in [0.4, 0.5) is 0 Å². The highest BCUT2D eigenvalue weighted by atomic mass is 32.2. The Bertz CT molecular complexity index is 522. The van der Waals surface area contributed by atoms with Crippen molar-refractivity contribution in [3.8, 4) is 0 Å². The van der Waals surface area contributed by atoms with Crippen molar-refractivity contribution in [3.05, 3.63) is 35.9 Å². The smallest absolute Gasteiger partial charge is 0.325 e. The molecule has 2 amide bonds. The molecule has 0 aliphatic heterocycles. The summed E-state index contributed by atoms with van der Waals surface area (Å²) in [5, 5.41) is 13.9. The van der Waals surface area contributed by atoms with Gasteiger partial charge in [0.25, 0.3) is 5.91 Å². The summed E-state index contributed by atoms with van der Waals surface area (Å²) >= 11 is 1.55. The normalized spacial score (nSPS) is 13.0. The topological polar surface area (TPSA) is 95.5 Å². The minimum atomic E-state index is -1.12. The third-order valence-electron chi connectivity index (χ3n) is 3.00. The van der Waals surface area contributed by atoms with Gasteiger partial charge in [0.05, 0.1) is 0 Å². The third-order valence-corrected chi connectivity index (χ3v) is 3.64. The molecule has 2 atom stereocenters. The van der Waals surface area contributed by atoms with E-state index in [2.05, 4.69) is 10.6 Å². The molecule has 0 aromatic heterocycles. The second kappa shape index (κ2) is 9.09. The van der Waals surface area contributed by atoms with Crippen LogP contribution in [0.3, 0.4) is 0 Å². The lowest BCUT2D eigenvalue weighted by Crippen LogP contribution is -2.51. The van der Waals surface area contributed by atoms with Gasteiger partial charge >= 0.3 is 5.97 Å². The van der Waals surface area contributed by atoms with Gasteiger partial charge in [0.1, 0.15) is 12.1 Å². The van der Waals surface area contributed by atoms with E-state index < -0.39 is 24.0 Å². The molecule has 2 unspecified atom stereocenters. The quantitative estimate of drug-likeness (QED) is 0.666. The summed E-state index contributed by atoms with van der Waals surface area (Å²) in [6, 6.07) is 6.80. The van der Waals surface area contributed by atoms with Gasteiger partial charge < -0.3 is 15.7 Å². The van der Waals surface area contributed by atoms with Crippen LogP contribution in [-0.4, -0.2) is 47.0 Å². The molecule has 22 heavy (non-hydrogen) atoms. The highest BCUT2D eigenvalue weighted by Gasteiger charge is 2.24. The van der Waals surface area contributed by atoms with Crippen molar-refractivity contribution in [1.82, 2.24) is 10.6 Å². The van der Waals surface area contributed by atoms with E-state index >= 15 is 0 Å². The largest absolute Gasteiger partial charge is 0.480 e. The fourth-order valence-corrected chi connectivity index (χ4v) is 2.18. The fourth-order valence-electron chi connectivity index (χ4n) is 1.71. The van der Waals surface area contributed by atoms with Crippen LogP contribution in [0.1, 0.15) is 23.7 Å². The number of hydrogen-bond acceptors (Lipinski definition) is 4. The van der Waals surface area contributed by atoms with Crippen molar-refractivity contribution in [2.75, 3.05) is 12.0 Å². The number of carbonyl (C=O) groups is 3. The molecule has 0 radical (unpaired) electrons. The zero-order chi connectivity index (χ0) is 16.5. The molecular weight excluding hydrogens is 304 g/mol. The Kier molecular flexibility index (Phi) is 7.45. The van der Waals surface area contributed by atoms with E-state index in [0.29, 0.717) is 17.7 Å². The maximum Gasteiger partial charge on any atom is 0.325 e. The molecule has 7 heteroatoms. The van der Waals surface area contributed by atoms with Crippen molar-refractivity contribution in [3.63, 3.8) is 0 Å². The van der Waals surface area contributed by atoms with E-state index in [1.165, 1.54) is 6.92 Å². The van der Waals surface area contributed by atoms with Crippen LogP contribution in [0.5, 0.6) is 0 Å². The zero-order valence-corrected chi connectivity index (χ0v) is 13.4. The Morgan fingerprint density at radius 2 is 1.82 bits per heavy atom. The number of thioether (sulfide) groups is 1. The first-order valence-corrected chi connectivity index (χ1v) is 8.23. The number of hydrogen-bond donors (Lipinski definition) is 3. The van der Waals surface area contributed by atoms with Crippen molar-refractivity contribution in [2.45, 2.75) is 25.4 Å². The predicted molar refractivity (Wildman–Crippen MR) is 85.9 cm³/mol. The van der Waals surface area contributed by atoms with E-state index in [0.717, 1.165) is 0 Å². The molecule has 0 bridgehead atoms. The minimum absolute atomic E-state index is 0.357. The minimum Gasteiger partial charge on any atom is -0.480 e. The molecular formula is C15H20N2O4S. The molecule has 0 fully saturated rings. The summed E-state index contributed by atoms with van der Waals surface area (Å²) < 4.78 is 0. The molecule has 1 aromatic carbocycles. The number of carboxylic acid groups (broad SMARTS) is 1. The first-order chi connectivity index (χ1) is 10.5. The molecule has 6 nitrogen and oxygen atoms in total. The van der Waals surface area contributed by atoms with E-state index in [1.807, 2.05) is 6.26 Å². The lowest BCUT2D eigenvalue weighted by Gasteiger charge is -2.19. The maximum absolute atomic E-state index is 12.1. The molecule has 0 spiro atoms. The van der Waals surface area contributed by atoms with Crippen molar-refractivity contribution in [2.24, 2.45) is 0 Å². The summed E-state index contributed by atoms with van der Waals surface area (Å²) in [4.78, 5) is 35.1. The fraction of sp³-hybridized carbons (Fsp3) is 0.400. The van der Waals surface area contributed by atoms with Crippen molar-refractivity contribution >= 4 is 29.5 Å². The number of nitrogens with one attached hydrogen (secondary N) is 2. The Hall–Kier alpha value is -2.02. The van der Waals surface area contributed by atoms with E-state index in [9.17, 15) is 14.4 Å². The molecule has 1 aromatic rings. The van der Waals surface area contributed by atoms with E-state index in [4.69, 9.17) is 5.11 Å². The SMILES string of the molecule is CSCCC(NC(=O)c1ccccc1)C(=O)NC(C)C(=O)O. The van der Waals surface area contributed by atoms with Gasteiger partial charge in [0.2, 0.25) is 5.91 Å². The molecule has 120 valence electrons.